The Hall–Kier alpha value is -0.620. The lowest BCUT2D eigenvalue weighted by molar-refractivity contribution is 0.198. The van der Waals surface area contributed by atoms with Gasteiger partial charge in [0.05, 0.1) is 16.9 Å². The molecule has 0 amide bonds. The van der Waals surface area contributed by atoms with Gasteiger partial charge in [-0.2, -0.15) is 0 Å². The van der Waals surface area contributed by atoms with Gasteiger partial charge in [0.2, 0.25) is 10.0 Å². The molecule has 17 heavy (non-hydrogen) atoms. The first-order valence-corrected chi connectivity index (χ1v) is 7.07. The quantitative estimate of drug-likeness (QED) is 0.803. The van der Waals surface area contributed by atoms with Gasteiger partial charge in [0.1, 0.15) is 0 Å². The molecule has 1 aromatic rings. The van der Waals surface area contributed by atoms with Crippen LogP contribution in [0.4, 0.5) is 0 Å². The lowest BCUT2D eigenvalue weighted by Crippen LogP contribution is -2.32. The number of methoxy groups -OCH3 is 1. The van der Waals surface area contributed by atoms with Gasteiger partial charge >= 0.3 is 0 Å². The summed E-state index contributed by atoms with van der Waals surface area (Å²) in [6.45, 7) is 2.20. The number of sulfonamides is 1. The van der Waals surface area contributed by atoms with Crippen molar-refractivity contribution in [3.8, 4) is 0 Å². The van der Waals surface area contributed by atoms with Crippen molar-refractivity contribution < 1.29 is 13.2 Å². The molecule has 0 aromatic heterocycles. The highest BCUT2D eigenvalue weighted by Crippen LogP contribution is 2.13. The Kier molecular flexibility index (Phi) is 5.39. The zero-order valence-electron chi connectivity index (χ0n) is 9.81. The van der Waals surface area contributed by atoms with E-state index in [4.69, 9.17) is 16.3 Å². The first-order valence-electron chi connectivity index (χ1n) is 5.15. The Balaban J connectivity index is 2.73. The van der Waals surface area contributed by atoms with Gasteiger partial charge in [-0.25, -0.2) is 13.1 Å². The maximum absolute atomic E-state index is 12.0. The SMILES string of the molecule is COCC(Cl)CNS(=O)(=O)c1ccccc1C. The summed E-state index contributed by atoms with van der Waals surface area (Å²) in [5.74, 6) is 0. The molecule has 1 atom stereocenters. The van der Waals surface area contributed by atoms with Crippen LogP contribution in [0.25, 0.3) is 0 Å². The van der Waals surface area contributed by atoms with Gasteiger partial charge in [0.15, 0.2) is 0 Å². The van der Waals surface area contributed by atoms with Gasteiger partial charge in [-0.1, -0.05) is 18.2 Å². The summed E-state index contributed by atoms with van der Waals surface area (Å²) in [6.07, 6.45) is 0. The minimum absolute atomic E-state index is 0.145. The summed E-state index contributed by atoms with van der Waals surface area (Å²) >= 11 is 5.86. The van der Waals surface area contributed by atoms with Gasteiger partial charge in [0.25, 0.3) is 0 Å². The second-order valence-electron chi connectivity index (χ2n) is 3.67. The minimum Gasteiger partial charge on any atom is -0.383 e. The van der Waals surface area contributed by atoms with Crippen molar-refractivity contribution in [2.24, 2.45) is 0 Å². The third-order valence-corrected chi connectivity index (χ3v) is 4.09. The number of aryl methyl sites for hydroxylation is 1. The number of ether oxygens (including phenoxy) is 1. The smallest absolute Gasteiger partial charge is 0.240 e. The van der Waals surface area contributed by atoms with Crippen LogP contribution in [0.15, 0.2) is 29.2 Å². The van der Waals surface area contributed by atoms with Crippen LogP contribution in [-0.4, -0.2) is 34.1 Å². The van der Waals surface area contributed by atoms with Gasteiger partial charge < -0.3 is 4.74 Å². The molecule has 96 valence electrons. The number of nitrogens with one attached hydrogen (secondary N) is 1. The van der Waals surface area contributed by atoms with E-state index in [1.165, 1.54) is 7.11 Å². The summed E-state index contributed by atoms with van der Waals surface area (Å²) in [7, 11) is -1.98. The van der Waals surface area contributed by atoms with Crippen molar-refractivity contribution in [3.63, 3.8) is 0 Å². The standard InChI is InChI=1S/C11H16ClNO3S/c1-9-5-3-4-6-11(9)17(14,15)13-7-10(12)8-16-2/h3-6,10,13H,7-8H2,1-2H3. The van der Waals surface area contributed by atoms with Crippen molar-refractivity contribution in [2.45, 2.75) is 17.2 Å². The molecule has 0 heterocycles. The fourth-order valence-electron chi connectivity index (χ4n) is 1.38. The summed E-state index contributed by atoms with van der Waals surface area (Å²) < 4.78 is 31.2. The Bertz CT molecular complexity index is 462. The highest BCUT2D eigenvalue weighted by atomic mass is 35.5. The Morgan fingerprint density at radius 1 is 1.41 bits per heavy atom. The molecule has 1 N–H and O–H groups in total. The predicted molar refractivity (Wildman–Crippen MR) is 67.9 cm³/mol. The van der Waals surface area contributed by atoms with Crippen molar-refractivity contribution >= 4 is 21.6 Å². The molecule has 0 saturated heterocycles. The van der Waals surface area contributed by atoms with Gasteiger partial charge in [-0.15, -0.1) is 11.6 Å². The molecule has 0 aliphatic carbocycles. The van der Waals surface area contributed by atoms with Crippen LogP contribution in [0.3, 0.4) is 0 Å². The number of halogens is 1. The third kappa shape index (κ3) is 4.27. The molecule has 1 rings (SSSR count). The molecule has 0 saturated carbocycles. The van der Waals surface area contributed by atoms with Crippen LogP contribution < -0.4 is 4.72 Å². The van der Waals surface area contributed by atoms with E-state index in [1.54, 1.807) is 31.2 Å². The molecule has 1 aromatic carbocycles. The Morgan fingerprint density at radius 3 is 2.65 bits per heavy atom. The molecule has 1 unspecified atom stereocenters. The first-order chi connectivity index (χ1) is 7.97. The summed E-state index contributed by atoms with van der Waals surface area (Å²) in [4.78, 5) is 0.279. The van der Waals surface area contributed by atoms with E-state index in [2.05, 4.69) is 4.72 Å². The van der Waals surface area contributed by atoms with E-state index in [0.717, 1.165) is 0 Å². The fraction of sp³-hybridized carbons (Fsp3) is 0.455. The molecule has 0 spiro atoms. The molecule has 0 aliphatic heterocycles. The van der Waals surface area contributed by atoms with Crippen molar-refractivity contribution in [1.82, 2.24) is 4.72 Å². The zero-order valence-corrected chi connectivity index (χ0v) is 11.4. The maximum Gasteiger partial charge on any atom is 0.240 e. The molecule has 0 fully saturated rings. The van der Waals surface area contributed by atoms with Crippen LogP contribution in [-0.2, 0) is 14.8 Å². The Morgan fingerprint density at radius 2 is 2.06 bits per heavy atom. The van der Waals surface area contributed by atoms with E-state index in [0.29, 0.717) is 12.2 Å². The van der Waals surface area contributed by atoms with Crippen LogP contribution in [0, 0.1) is 6.92 Å². The molecule has 0 aliphatic rings. The van der Waals surface area contributed by atoms with E-state index in [9.17, 15) is 8.42 Å². The Labute approximate surface area is 107 Å². The van der Waals surface area contributed by atoms with Crippen LogP contribution in [0.1, 0.15) is 5.56 Å². The van der Waals surface area contributed by atoms with Crippen molar-refractivity contribution in [1.29, 1.82) is 0 Å². The van der Waals surface area contributed by atoms with Crippen molar-refractivity contribution in [2.75, 3.05) is 20.3 Å². The number of alkyl halides is 1. The summed E-state index contributed by atoms with van der Waals surface area (Å²) in [5, 5.41) is -0.376. The van der Waals surface area contributed by atoms with Crippen LogP contribution in [0.2, 0.25) is 0 Å². The lowest BCUT2D eigenvalue weighted by Gasteiger charge is -2.11. The molecular weight excluding hydrogens is 262 g/mol. The number of rotatable bonds is 6. The second-order valence-corrected chi connectivity index (χ2v) is 6.02. The minimum atomic E-state index is -3.49. The molecule has 0 radical (unpaired) electrons. The largest absolute Gasteiger partial charge is 0.383 e. The van der Waals surface area contributed by atoms with Gasteiger partial charge in [-0.05, 0) is 18.6 Å². The van der Waals surface area contributed by atoms with E-state index < -0.39 is 10.0 Å². The monoisotopic (exact) mass is 277 g/mol. The third-order valence-electron chi connectivity index (χ3n) is 2.23. The average Bonchev–Trinajstić information content (AvgIpc) is 2.27. The van der Waals surface area contributed by atoms with E-state index in [-0.39, 0.29) is 16.8 Å². The van der Waals surface area contributed by atoms with Crippen molar-refractivity contribution in [3.05, 3.63) is 29.8 Å². The molecular formula is C11H16ClNO3S. The van der Waals surface area contributed by atoms with Gasteiger partial charge in [-0.3, -0.25) is 0 Å². The summed E-state index contributed by atoms with van der Waals surface area (Å²) in [5.41, 5.74) is 0.706. The average molecular weight is 278 g/mol. The van der Waals surface area contributed by atoms with E-state index in [1.807, 2.05) is 0 Å². The van der Waals surface area contributed by atoms with Gasteiger partial charge in [0, 0.05) is 13.7 Å². The van der Waals surface area contributed by atoms with Crippen LogP contribution >= 0.6 is 11.6 Å². The number of hydrogen-bond donors (Lipinski definition) is 1. The first kappa shape index (κ1) is 14.4. The molecule has 4 nitrogen and oxygen atoms in total. The van der Waals surface area contributed by atoms with Crippen LogP contribution in [0.5, 0.6) is 0 Å². The number of benzene rings is 1. The highest BCUT2D eigenvalue weighted by Gasteiger charge is 2.17. The van der Waals surface area contributed by atoms with E-state index >= 15 is 0 Å². The number of hydrogen-bond acceptors (Lipinski definition) is 3. The maximum atomic E-state index is 12.0. The molecule has 0 bridgehead atoms. The second kappa shape index (κ2) is 6.35. The normalized spacial score (nSPS) is 13.6. The fourth-order valence-corrected chi connectivity index (χ4v) is 3.00. The topological polar surface area (TPSA) is 55.4 Å². The molecule has 6 heteroatoms. The highest BCUT2D eigenvalue weighted by molar-refractivity contribution is 7.89. The summed E-state index contributed by atoms with van der Waals surface area (Å²) in [6, 6.07) is 6.80. The predicted octanol–water partition coefficient (Wildman–Crippen LogP) is 1.53. The zero-order chi connectivity index (χ0) is 12.9. The lowest BCUT2D eigenvalue weighted by atomic mass is 10.2.